The third-order valence-corrected chi connectivity index (χ3v) is 10.5. The first-order valence-corrected chi connectivity index (χ1v) is 16.0. The minimum Gasteiger partial charge on any atom is -0.286 e. The van der Waals surface area contributed by atoms with Gasteiger partial charge in [-0.15, -0.1) is 11.3 Å². The zero-order valence-corrected chi connectivity index (χ0v) is 24.7. The van der Waals surface area contributed by atoms with Gasteiger partial charge in [-0.25, -0.2) is 4.98 Å². The molecule has 4 heteroatoms. The Labute approximate surface area is 256 Å². The molecule has 2 heterocycles. The predicted molar refractivity (Wildman–Crippen MR) is 188 cm³/mol. The summed E-state index contributed by atoms with van der Waals surface area (Å²) in [4.78, 5) is 7.57. The first-order chi connectivity index (χ1) is 21.3. The van der Waals surface area contributed by atoms with Gasteiger partial charge in [0.15, 0.2) is 5.13 Å². The molecule has 0 atom stereocenters. The molecular formula is C39H24N2S2. The summed E-state index contributed by atoms with van der Waals surface area (Å²) in [5.41, 5.74) is 5.73. The first-order valence-electron chi connectivity index (χ1n) is 14.4. The highest BCUT2D eigenvalue weighted by Crippen LogP contribution is 2.43. The maximum Gasteiger partial charge on any atom is 0.195 e. The molecule has 0 aliphatic rings. The van der Waals surface area contributed by atoms with Crippen LogP contribution in [0.25, 0.3) is 63.1 Å². The van der Waals surface area contributed by atoms with E-state index < -0.39 is 0 Å². The number of hydrogen-bond acceptors (Lipinski definition) is 4. The number of aromatic nitrogens is 1. The van der Waals surface area contributed by atoms with Crippen LogP contribution in [0.4, 0.5) is 16.5 Å². The van der Waals surface area contributed by atoms with E-state index in [-0.39, 0.29) is 0 Å². The monoisotopic (exact) mass is 584 g/mol. The lowest BCUT2D eigenvalue weighted by Gasteiger charge is -2.22. The number of benzene rings is 7. The van der Waals surface area contributed by atoms with Crippen LogP contribution in [0.1, 0.15) is 0 Å². The second-order valence-corrected chi connectivity index (χ2v) is 12.9. The van der Waals surface area contributed by atoms with E-state index in [9.17, 15) is 0 Å². The fourth-order valence-electron chi connectivity index (χ4n) is 6.27. The standard InChI is InChI=1S/C39H24N2S2/c1-2-10-27(11-3-1)41(39-40-37-33-22-19-25-9-4-5-12-29(25)31(33)23-24-36(37)43-39)28-20-17-26(18-21-28)30-14-8-15-34-32-13-6-7-16-35(32)42-38(30)34/h1-24H. The third-order valence-electron chi connectivity index (χ3n) is 8.32. The Bertz CT molecular complexity index is 2450. The fourth-order valence-corrected chi connectivity index (χ4v) is 8.54. The normalized spacial score (nSPS) is 11.7. The molecule has 202 valence electrons. The molecule has 9 rings (SSSR count). The SMILES string of the molecule is c1ccc(N(c2ccc(-c3cccc4c3sc3ccccc34)cc2)c2nc3c(ccc4c5ccccc5ccc43)s2)cc1. The summed E-state index contributed by atoms with van der Waals surface area (Å²) < 4.78 is 3.85. The Balaban J connectivity index is 1.18. The average Bonchev–Trinajstić information content (AvgIpc) is 3.67. The molecular weight excluding hydrogens is 561 g/mol. The van der Waals surface area contributed by atoms with Crippen molar-refractivity contribution in [2.24, 2.45) is 0 Å². The smallest absolute Gasteiger partial charge is 0.195 e. The molecule has 2 aromatic heterocycles. The van der Waals surface area contributed by atoms with E-state index in [0.29, 0.717) is 0 Å². The van der Waals surface area contributed by atoms with Crippen LogP contribution in [0.2, 0.25) is 0 Å². The Kier molecular flexibility index (Phi) is 5.58. The highest BCUT2D eigenvalue weighted by atomic mass is 32.1. The van der Waals surface area contributed by atoms with Crippen LogP contribution >= 0.6 is 22.7 Å². The van der Waals surface area contributed by atoms with Gasteiger partial charge in [-0.1, -0.05) is 121 Å². The van der Waals surface area contributed by atoms with Crippen molar-refractivity contribution >= 4 is 91.1 Å². The molecule has 0 N–H and O–H groups in total. The van der Waals surface area contributed by atoms with Gasteiger partial charge in [0.2, 0.25) is 0 Å². The maximum absolute atomic E-state index is 5.29. The van der Waals surface area contributed by atoms with Crippen LogP contribution in [0, 0.1) is 0 Å². The summed E-state index contributed by atoms with van der Waals surface area (Å²) >= 11 is 3.61. The van der Waals surface area contributed by atoms with E-state index in [1.807, 2.05) is 11.3 Å². The lowest BCUT2D eigenvalue weighted by molar-refractivity contribution is 1.25. The Hall–Kier alpha value is -5.03. The Morgan fingerprint density at radius 3 is 2.05 bits per heavy atom. The second-order valence-electron chi connectivity index (χ2n) is 10.8. The topological polar surface area (TPSA) is 16.1 Å². The molecule has 0 spiro atoms. The molecule has 0 aliphatic heterocycles. The molecule has 0 radical (unpaired) electrons. The van der Waals surface area contributed by atoms with Gasteiger partial charge >= 0.3 is 0 Å². The van der Waals surface area contributed by atoms with Crippen LogP contribution in [0.5, 0.6) is 0 Å². The van der Waals surface area contributed by atoms with E-state index in [0.717, 1.165) is 22.0 Å². The maximum atomic E-state index is 5.29. The molecule has 0 fully saturated rings. The van der Waals surface area contributed by atoms with Gasteiger partial charge in [0, 0.05) is 36.9 Å². The van der Waals surface area contributed by atoms with Gasteiger partial charge < -0.3 is 0 Å². The zero-order chi connectivity index (χ0) is 28.3. The minimum atomic E-state index is 0.959. The van der Waals surface area contributed by atoms with Gasteiger partial charge in [-0.05, 0) is 63.7 Å². The third kappa shape index (κ3) is 3.95. The summed E-state index contributed by atoms with van der Waals surface area (Å²) in [7, 11) is 0. The molecule has 0 aliphatic carbocycles. The molecule has 0 saturated heterocycles. The van der Waals surface area contributed by atoms with Crippen LogP contribution in [0.3, 0.4) is 0 Å². The zero-order valence-electron chi connectivity index (χ0n) is 23.1. The van der Waals surface area contributed by atoms with Crippen molar-refractivity contribution in [3.8, 4) is 11.1 Å². The summed E-state index contributed by atoms with van der Waals surface area (Å²) in [5.74, 6) is 0. The average molecular weight is 585 g/mol. The molecule has 2 nitrogen and oxygen atoms in total. The van der Waals surface area contributed by atoms with Gasteiger partial charge in [0.1, 0.15) is 0 Å². The van der Waals surface area contributed by atoms with E-state index in [2.05, 4.69) is 150 Å². The molecule has 0 bridgehead atoms. The number of thiazole rings is 1. The Morgan fingerprint density at radius 1 is 0.442 bits per heavy atom. The quantitative estimate of drug-likeness (QED) is 0.191. The van der Waals surface area contributed by atoms with Crippen molar-refractivity contribution in [3.05, 3.63) is 146 Å². The van der Waals surface area contributed by atoms with E-state index in [1.165, 1.54) is 57.5 Å². The highest BCUT2D eigenvalue weighted by molar-refractivity contribution is 7.26. The van der Waals surface area contributed by atoms with E-state index in [1.54, 1.807) is 11.3 Å². The lowest BCUT2D eigenvalue weighted by Crippen LogP contribution is -2.09. The number of thiophene rings is 1. The van der Waals surface area contributed by atoms with Crippen LogP contribution in [-0.4, -0.2) is 4.98 Å². The number of para-hydroxylation sites is 1. The number of rotatable bonds is 4. The van der Waals surface area contributed by atoms with Gasteiger partial charge in [0.05, 0.1) is 10.2 Å². The molecule has 0 unspecified atom stereocenters. The van der Waals surface area contributed by atoms with E-state index >= 15 is 0 Å². The van der Waals surface area contributed by atoms with Gasteiger partial charge in [0.25, 0.3) is 0 Å². The fraction of sp³-hybridized carbons (Fsp3) is 0. The largest absolute Gasteiger partial charge is 0.286 e. The summed E-state index contributed by atoms with van der Waals surface area (Å²) in [6.45, 7) is 0. The molecule has 0 amide bonds. The van der Waals surface area contributed by atoms with Crippen molar-refractivity contribution in [1.29, 1.82) is 0 Å². The first kappa shape index (κ1) is 24.6. The molecule has 43 heavy (non-hydrogen) atoms. The summed E-state index contributed by atoms with van der Waals surface area (Å²) in [6.07, 6.45) is 0. The Morgan fingerprint density at radius 2 is 1.16 bits per heavy atom. The predicted octanol–water partition coefficient (Wildman–Crippen LogP) is 12.1. The van der Waals surface area contributed by atoms with Crippen molar-refractivity contribution in [2.45, 2.75) is 0 Å². The number of hydrogen-bond donors (Lipinski definition) is 0. The van der Waals surface area contributed by atoms with Crippen molar-refractivity contribution in [2.75, 3.05) is 4.90 Å². The molecule has 7 aromatic carbocycles. The van der Waals surface area contributed by atoms with Crippen LogP contribution in [0.15, 0.2) is 146 Å². The van der Waals surface area contributed by atoms with Crippen LogP contribution in [-0.2, 0) is 0 Å². The molecule has 9 aromatic rings. The van der Waals surface area contributed by atoms with Gasteiger partial charge in [-0.3, -0.25) is 4.90 Å². The van der Waals surface area contributed by atoms with Crippen molar-refractivity contribution < 1.29 is 0 Å². The van der Waals surface area contributed by atoms with Crippen LogP contribution < -0.4 is 4.90 Å². The van der Waals surface area contributed by atoms with E-state index in [4.69, 9.17) is 4.98 Å². The van der Waals surface area contributed by atoms with Crippen molar-refractivity contribution in [1.82, 2.24) is 4.98 Å². The number of anilines is 3. The highest BCUT2D eigenvalue weighted by Gasteiger charge is 2.19. The lowest BCUT2D eigenvalue weighted by atomic mass is 10.0. The number of nitrogens with zero attached hydrogens (tertiary/aromatic N) is 2. The number of fused-ring (bicyclic) bond motifs is 8. The molecule has 0 saturated carbocycles. The summed E-state index contributed by atoms with van der Waals surface area (Å²) in [6, 6.07) is 52.3. The summed E-state index contributed by atoms with van der Waals surface area (Å²) in [5, 5.41) is 8.56. The second kappa shape index (κ2) is 9.77. The van der Waals surface area contributed by atoms with Crippen molar-refractivity contribution in [3.63, 3.8) is 0 Å². The van der Waals surface area contributed by atoms with Gasteiger partial charge in [-0.2, -0.15) is 0 Å². The minimum absolute atomic E-state index is 0.959.